The van der Waals surface area contributed by atoms with E-state index in [2.05, 4.69) is 15.9 Å². The van der Waals surface area contributed by atoms with Crippen LogP contribution in [-0.4, -0.2) is 47.6 Å². The van der Waals surface area contributed by atoms with Crippen molar-refractivity contribution in [1.29, 1.82) is 0 Å². The number of amides is 1. The lowest BCUT2D eigenvalue weighted by Gasteiger charge is -2.19. The summed E-state index contributed by atoms with van der Waals surface area (Å²) in [5.41, 5.74) is 2.15. The van der Waals surface area contributed by atoms with Crippen LogP contribution in [0.15, 0.2) is 76.9 Å². The van der Waals surface area contributed by atoms with Crippen molar-refractivity contribution in [1.82, 2.24) is 4.90 Å². The minimum absolute atomic E-state index is 0.00469. The number of esters is 1. The van der Waals surface area contributed by atoms with Gasteiger partial charge < -0.3 is 19.1 Å². The molecule has 1 aliphatic rings. The number of carbonyl (C=O) groups is 2. The molecular formula is C27H22BrN3O7S. The number of rotatable bonds is 9. The lowest BCUT2D eigenvalue weighted by molar-refractivity contribution is -0.384. The molecule has 4 rings (SSSR count). The van der Waals surface area contributed by atoms with Crippen LogP contribution in [0.3, 0.4) is 0 Å². The fourth-order valence-corrected chi connectivity index (χ4v) is 4.60. The second-order valence-electron chi connectivity index (χ2n) is 8.22. The van der Waals surface area contributed by atoms with Gasteiger partial charge in [-0.3, -0.25) is 24.6 Å². The Balaban J connectivity index is 1.58. The Labute approximate surface area is 237 Å². The third-order valence-corrected chi connectivity index (χ3v) is 6.80. The number of nitro groups is 1. The maximum Gasteiger partial charge on any atom is 0.325 e. The number of anilines is 1. The Morgan fingerprint density at radius 2 is 1.77 bits per heavy atom. The molecule has 0 spiro atoms. The van der Waals surface area contributed by atoms with Gasteiger partial charge in [-0.05, 0) is 93.9 Å². The first-order valence-corrected chi connectivity index (χ1v) is 12.7. The number of nitrogens with zero attached hydrogens (tertiary/aromatic N) is 3. The number of ether oxygens (including phenoxy) is 3. The van der Waals surface area contributed by atoms with Gasteiger partial charge in [0.25, 0.3) is 11.6 Å². The van der Waals surface area contributed by atoms with E-state index in [9.17, 15) is 19.7 Å². The second kappa shape index (κ2) is 12.0. The molecule has 0 unspecified atom stereocenters. The molecule has 3 aromatic rings. The number of non-ortho nitro benzene ring substituents is 1. The molecule has 0 saturated carbocycles. The summed E-state index contributed by atoms with van der Waals surface area (Å²) in [7, 11) is 2.81. The molecule has 200 valence electrons. The molecule has 12 heteroatoms. The van der Waals surface area contributed by atoms with Crippen molar-refractivity contribution in [2.45, 2.75) is 6.61 Å². The van der Waals surface area contributed by atoms with Crippen LogP contribution in [0.4, 0.5) is 11.4 Å². The van der Waals surface area contributed by atoms with E-state index in [0.29, 0.717) is 27.2 Å². The van der Waals surface area contributed by atoms with Crippen molar-refractivity contribution < 1.29 is 28.7 Å². The summed E-state index contributed by atoms with van der Waals surface area (Å²) in [5, 5.41) is 11.0. The van der Waals surface area contributed by atoms with Crippen molar-refractivity contribution in [3.05, 3.63) is 98.1 Å². The quantitative estimate of drug-likeness (QED) is 0.107. The molecule has 0 aliphatic carbocycles. The van der Waals surface area contributed by atoms with E-state index in [1.165, 1.54) is 29.0 Å². The Kier molecular flexibility index (Phi) is 8.57. The third kappa shape index (κ3) is 6.24. The van der Waals surface area contributed by atoms with E-state index >= 15 is 0 Å². The van der Waals surface area contributed by atoms with Gasteiger partial charge in [-0.2, -0.15) is 0 Å². The number of benzene rings is 3. The highest BCUT2D eigenvalue weighted by atomic mass is 79.9. The molecule has 1 amide bonds. The predicted molar refractivity (Wildman–Crippen MR) is 151 cm³/mol. The minimum atomic E-state index is -0.552. The van der Waals surface area contributed by atoms with Crippen LogP contribution in [0.1, 0.15) is 11.1 Å². The molecule has 1 aliphatic heterocycles. The summed E-state index contributed by atoms with van der Waals surface area (Å²) >= 11 is 9.07. The number of hydrogen-bond acceptors (Lipinski definition) is 8. The molecule has 1 saturated heterocycles. The average molecular weight is 612 g/mol. The van der Waals surface area contributed by atoms with E-state index in [-0.39, 0.29) is 29.6 Å². The number of halogens is 1. The van der Waals surface area contributed by atoms with Crippen molar-refractivity contribution in [3.63, 3.8) is 0 Å². The van der Waals surface area contributed by atoms with Crippen molar-refractivity contribution >= 4 is 62.6 Å². The fourth-order valence-electron chi connectivity index (χ4n) is 3.74. The van der Waals surface area contributed by atoms with E-state index in [1.54, 1.807) is 67.8 Å². The van der Waals surface area contributed by atoms with E-state index in [1.807, 2.05) is 0 Å². The summed E-state index contributed by atoms with van der Waals surface area (Å²) in [6.45, 7) is -0.0370. The van der Waals surface area contributed by atoms with Gasteiger partial charge in [-0.25, -0.2) is 0 Å². The van der Waals surface area contributed by atoms with Gasteiger partial charge in [0, 0.05) is 12.1 Å². The number of carbonyl (C=O) groups excluding carboxylic acids is 2. The molecule has 0 aromatic heterocycles. The number of nitro benzene ring substituents is 1. The molecule has 1 heterocycles. The predicted octanol–water partition coefficient (Wildman–Crippen LogP) is 5.09. The van der Waals surface area contributed by atoms with Crippen LogP contribution in [0, 0.1) is 10.1 Å². The molecule has 1 fully saturated rings. The Morgan fingerprint density at radius 3 is 2.36 bits per heavy atom. The summed E-state index contributed by atoms with van der Waals surface area (Å²) in [4.78, 5) is 38.8. The molecule has 3 aromatic carbocycles. The first-order chi connectivity index (χ1) is 18.7. The first-order valence-electron chi connectivity index (χ1n) is 11.5. The number of methoxy groups -OCH3 is 2. The van der Waals surface area contributed by atoms with E-state index < -0.39 is 16.8 Å². The van der Waals surface area contributed by atoms with Crippen LogP contribution >= 0.6 is 28.1 Å². The molecule has 0 N–H and O–H groups in total. The molecule has 10 nitrogen and oxygen atoms in total. The van der Waals surface area contributed by atoms with Crippen LogP contribution in [0.25, 0.3) is 6.08 Å². The van der Waals surface area contributed by atoms with Crippen molar-refractivity contribution in [2.75, 3.05) is 25.7 Å². The summed E-state index contributed by atoms with van der Waals surface area (Å²) in [5.74, 6) is 0.210. The summed E-state index contributed by atoms with van der Waals surface area (Å²) in [6, 6.07) is 18.2. The van der Waals surface area contributed by atoms with Gasteiger partial charge in [0.15, 0.2) is 5.11 Å². The maximum absolute atomic E-state index is 13.5. The van der Waals surface area contributed by atoms with Crippen LogP contribution < -0.4 is 14.4 Å². The number of thiocarbonyl (C=S) groups is 1. The van der Waals surface area contributed by atoms with E-state index in [4.69, 9.17) is 26.4 Å². The lowest BCUT2D eigenvalue weighted by Crippen LogP contribution is -2.35. The second-order valence-corrected chi connectivity index (χ2v) is 9.43. The largest absolute Gasteiger partial charge is 0.497 e. The topological polar surface area (TPSA) is 111 Å². The van der Waals surface area contributed by atoms with Crippen LogP contribution in [-0.2, 0) is 20.9 Å². The van der Waals surface area contributed by atoms with Gasteiger partial charge in [-0.15, -0.1) is 0 Å². The Morgan fingerprint density at radius 1 is 1.08 bits per heavy atom. The average Bonchev–Trinajstić information content (AvgIpc) is 3.16. The fraction of sp³-hybridized carbons (Fsp3) is 0.148. The highest BCUT2D eigenvalue weighted by Gasteiger charge is 2.40. The standard InChI is InChI=1S/C27H22BrN3O7S/c1-36-21-10-8-19(9-11-21)30-26(33)23(29(27(30)39)15-25(32)37-2)14-18-5-12-24(22(28)13-18)38-16-17-3-6-20(7-4-17)31(34)35/h3-14H,15-16H2,1-2H3/b23-14-. The zero-order chi connectivity index (χ0) is 28.1. The molecular weight excluding hydrogens is 590 g/mol. The monoisotopic (exact) mass is 611 g/mol. The maximum atomic E-state index is 13.5. The lowest BCUT2D eigenvalue weighted by atomic mass is 10.1. The zero-order valence-corrected chi connectivity index (χ0v) is 23.2. The van der Waals surface area contributed by atoms with Crippen LogP contribution in [0.2, 0.25) is 0 Å². The van der Waals surface area contributed by atoms with Crippen molar-refractivity contribution in [3.8, 4) is 11.5 Å². The smallest absolute Gasteiger partial charge is 0.325 e. The zero-order valence-electron chi connectivity index (χ0n) is 20.8. The Bertz CT molecular complexity index is 1460. The first kappa shape index (κ1) is 27.7. The van der Waals surface area contributed by atoms with Crippen molar-refractivity contribution in [2.24, 2.45) is 0 Å². The molecule has 0 radical (unpaired) electrons. The molecule has 0 atom stereocenters. The van der Waals surface area contributed by atoms with Gasteiger partial charge in [0.2, 0.25) is 0 Å². The molecule has 0 bridgehead atoms. The molecule has 39 heavy (non-hydrogen) atoms. The van der Waals surface area contributed by atoms with Gasteiger partial charge in [0.1, 0.15) is 30.3 Å². The van der Waals surface area contributed by atoms with Crippen LogP contribution in [0.5, 0.6) is 11.5 Å². The van der Waals surface area contributed by atoms with Gasteiger partial charge in [0.05, 0.1) is 29.3 Å². The third-order valence-electron chi connectivity index (χ3n) is 5.78. The SMILES string of the molecule is COC(=O)CN1C(=S)N(c2ccc(OC)cc2)C(=O)/C1=C/c1ccc(OCc2ccc([N+](=O)[O-])cc2)c(Br)c1. The van der Waals surface area contributed by atoms with E-state index in [0.717, 1.165) is 5.56 Å². The van der Waals surface area contributed by atoms with Gasteiger partial charge >= 0.3 is 5.97 Å². The summed E-state index contributed by atoms with van der Waals surface area (Å²) < 4.78 is 16.5. The minimum Gasteiger partial charge on any atom is -0.497 e. The van der Waals surface area contributed by atoms with Gasteiger partial charge in [-0.1, -0.05) is 6.07 Å². The Hall–Kier alpha value is -4.29. The highest BCUT2D eigenvalue weighted by molar-refractivity contribution is 9.10. The highest BCUT2D eigenvalue weighted by Crippen LogP contribution is 2.32. The number of hydrogen-bond donors (Lipinski definition) is 0. The summed E-state index contributed by atoms with van der Waals surface area (Å²) in [6.07, 6.45) is 1.63. The normalized spacial score (nSPS) is 14.1.